The number of aromatic nitrogens is 3. The Morgan fingerprint density at radius 3 is 2.43 bits per heavy atom. The average molecular weight is 563 g/mol. The number of rotatable bonds is 9. The van der Waals surface area contributed by atoms with Crippen LogP contribution < -0.4 is 19.7 Å². The van der Waals surface area contributed by atoms with Gasteiger partial charge >= 0.3 is 0 Å². The van der Waals surface area contributed by atoms with E-state index in [0.717, 1.165) is 16.8 Å². The number of carbonyl (C=O) groups excluding carboxylic acids is 2. The third kappa shape index (κ3) is 5.60. The standard InChI is InChI=1S/C32H30N6O4/c1-36(2)25-15-13-24(14-16-25)33-32(40)31(23-12-17-28-29(18-23)42-21-41-28)37(19-22-8-4-3-5-9-22)30(39)20-38-27-11-7-6-10-26(27)34-35-38/h3-18,31H,19-21H2,1-2H3,(H,33,40). The molecule has 1 aliphatic rings. The Bertz CT molecular complexity index is 1720. The Hall–Kier alpha value is -5.38. The first-order valence-corrected chi connectivity index (χ1v) is 13.6. The van der Waals surface area contributed by atoms with Crippen LogP contribution in [-0.4, -0.2) is 52.6 Å². The predicted molar refractivity (Wildman–Crippen MR) is 159 cm³/mol. The van der Waals surface area contributed by atoms with E-state index in [1.807, 2.05) is 97.9 Å². The lowest BCUT2D eigenvalue weighted by Crippen LogP contribution is -2.42. The number of nitrogens with zero attached hydrogens (tertiary/aromatic N) is 5. The Morgan fingerprint density at radius 1 is 0.905 bits per heavy atom. The molecule has 4 aromatic carbocycles. The number of carbonyl (C=O) groups is 2. The molecule has 1 N–H and O–H groups in total. The smallest absolute Gasteiger partial charge is 0.251 e. The zero-order valence-electron chi connectivity index (χ0n) is 23.3. The van der Waals surface area contributed by atoms with Crippen LogP contribution in [0.1, 0.15) is 17.2 Å². The van der Waals surface area contributed by atoms with Gasteiger partial charge in [0.05, 0.1) is 5.52 Å². The largest absolute Gasteiger partial charge is 0.454 e. The van der Waals surface area contributed by atoms with Crippen LogP contribution in [0.4, 0.5) is 11.4 Å². The topological polar surface area (TPSA) is 102 Å². The number of amides is 2. The molecule has 6 rings (SSSR count). The second-order valence-corrected chi connectivity index (χ2v) is 10.2. The first kappa shape index (κ1) is 26.8. The highest BCUT2D eigenvalue weighted by Gasteiger charge is 2.33. The molecule has 10 nitrogen and oxygen atoms in total. The normalized spacial score (nSPS) is 12.6. The molecule has 2 heterocycles. The zero-order valence-corrected chi connectivity index (χ0v) is 23.3. The van der Waals surface area contributed by atoms with E-state index in [1.54, 1.807) is 27.8 Å². The van der Waals surface area contributed by atoms with Crippen LogP contribution in [0.15, 0.2) is 97.1 Å². The summed E-state index contributed by atoms with van der Waals surface area (Å²) in [5.41, 5.74) is 4.51. The Balaban J connectivity index is 1.39. The van der Waals surface area contributed by atoms with E-state index in [0.29, 0.717) is 28.3 Å². The quantitative estimate of drug-likeness (QED) is 0.279. The monoisotopic (exact) mass is 562 g/mol. The lowest BCUT2D eigenvalue weighted by atomic mass is 10.0. The van der Waals surface area contributed by atoms with Crippen molar-refractivity contribution in [2.75, 3.05) is 31.1 Å². The summed E-state index contributed by atoms with van der Waals surface area (Å²) < 4.78 is 12.7. The van der Waals surface area contributed by atoms with E-state index in [-0.39, 0.29) is 31.7 Å². The molecule has 2 amide bonds. The fourth-order valence-electron chi connectivity index (χ4n) is 4.97. The number of anilines is 2. The van der Waals surface area contributed by atoms with Crippen molar-refractivity contribution in [3.05, 3.63) is 108 Å². The molecule has 1 aliphatic heterocycles. The summed E-state index contributed by atoms with van der Waals surface area (Å²) >= 11 is 0. The first-order chi connectivity index (χ1) is 20.5. The molecule has 0 aliphatic carbocycles. The van der Waals surface area contributed by atoms with Gasteiger partial charge in [0.25, 0.3) is 5.91 Å². The first-order valence-electron chi connectivity index (χ1n) is 13.6. The fraction of sp³-hybridized carbons (Fsp3) is 0.188. The van der Waals surface area contributed by atoms with Crippen molar-refractivity contribution in [3.8, 4) is 11.5 Å². The van der Waals surface area contributed by atoms with Gasteiger partial charge in [0, 0.05) is 32.0 Å². The minimum absolute atomic E-state index is 0.0971. The molecule has 1 unspecified atom stereocenters. The number of benzene rings is 4. The SMILES string of the molecule is CN(C)c1ccc(NC(=O)C(c2ccc3c(c2)OCO3)N(Cc2ccccc2)C(=O)Cn2nnc3ccccc32)cc1. The minimum Gasteiger partial charge on any atom is -0.454 e. The fourth-order valence-corrected chi connectivity index (χ4v) is 4.97. The highest BCUT2D eigenvalue weighted by molar-refractivity contribution is 5.98. The van der Waals surface area contributed by atoms with Gasteiger partial charge in [0.1, 0.15) is 18.1 Å². The maximum absolute atomic E-state index is 14.2. The second-order valence-electron chi connectivity index (χ2n) is 10.2. The lowest BCUT2D eigenvalue weighted by Gasteiger charge is -2.32. The van der Waals surface area contributed by atoms with Crippen LogP contribution in [0.3, 0.4) is 0 Å². The van der Waals surface area contributed by atoms with Gasteiger partial charge in [-0.15, -0.1) is 5.10 Å². The molecular formula is C32H30N6O4. The van der Waals surface area contributed by atoms with E-state index in [4.69, 9.17) is 9.47 Å². The summed E-state index contributed by atoms with van der Waals surface area (Å²) in [6.45, 7) is 0.192. The molecule has 1 aromatic heterocycles. The number of ether oxygens (including phenoxy) is 2. The van der Waals surface area contributed by atoms with Gasteiger partial charge in [0.2, 0.25) is 12.7 Å². The molecule has 10 heteroatoms. The predicted octanol–water partition coefficient (Wildman–Crippen LogP) is 4.63. The van der Waals surface area contributed by atoms with Gasteiger partial charge in [-0.3, -0.25) is 9.59 Å². The highest BCUT2D eigenvalue weighted by atomic mass is 16.7. The van der Waals surface area contributed by atoms with Crippen molar-refractivity contribution >= 4 is 34.2 Å². The summed E-state index contributed by atoms with van der Waals surface area (Å²) in [4.78, 5) is 31.9. The number of hydrogen-bond donors (Lipinski definition) is 1. The van der Waals surface area contributed by atoms with Gasteiger partial charge in [-0.05, 0) is 59.7 Å². The van der Waals surface area contributed by atoms with E-state index >= 15 is 0 Å². The van der Waals surface area contributed by atoms with Gasteiger partial charge in [0.15, 0.2) is 11.5 Å². The van der Waals surface area contributed by atoms with Crippen LogP contribution in [0.25, 0.3) is 11.0 Å². The van der Waals surface area contributed by atoms with Crippen molar-refractivity contribution in [2.45, 2.75) is 19.1 Å². The summed E-state index contributed by atoms with van der Waals surface area (Å²) in [5.74, 6) is 0.455. The molecule has 0 bridgehead atoms. The molecule has 0 radical (unpaired) electrons. The molecular weight excluding hydrogens is 532 g/mol. The van der Waals surface area contributed by atoms with Gasteiger partial charge in [-0.2, -0.15) is 0 Å². The van der Waals surface area contributed by atoms with Gasteiger partial charge in [-0.1, -0.05) is 53.7 Å². The van der Waals surface area contributed by atoms with Gasteiger partial charge < -0.3 is 24.6 Å². The summed E-state index contributed by atoms with van der Waals surface area (Å²) in [7, 11) is 3.91. The van der Waals surface area contributed by atoms with Crippen molar-refractivity contribution in [3.63, 3.8) is 0 Å². The van der Waals surface area contributed by atoms with Crippen LogP contribution in [0.2, 0.25) is 0 Å². The van der Waals surface area contributed by atoms with Crippen molar-refractivity contribution in [1.82, 2.24) is 19.9 Å². The third-order valence-corrected chi connectivity index (χ3v) is 7.14. The summed E-state index contributed by atoms with van der Waals surface area (Å²) in [5, 5.41) is 11.4. The van der Waals surface area contributed by atoms with E-state index in [2.05, 4.69) is 15.6 Å². The number of hydrogen-bond acceptors (Lipinski definition) is 7. The molecule has 0 saturated carbocycles. The minimum atomic E-state index is -0.990. The van der Waals surface area contributed by atoms with Crippen LogP contribution >= 0.6 is 0 Å². The molecule has 0 spiro atoms. The number of fused-ring (bicyclic) bond motifs is 2. The Labute approximate surface area is 243 Å². The third-order valence-electron chi connectivity index (χ3n) is 7.14. The van der Waals surface area contributed by atoms with E-state index in [1.165, 1.54) is 0 Å². The molecule has 42 heavy (non-hydrogen) atoms. The average Bonchev–Trinajstić information content (AvgIpc) is 3.64. The maximum atomic E-state index is 14.2. The van der Waals surface area contributed by atoms with E-state index < -0.39 is 6.04 Å². The van der Waals surface area contributed by atoms with Crippen molar-refractivity contribution in [2.24, 2.45) is 0 Å². The van der Waals surface area contributed by atoms with Crippen LogP contribution in [-0.2, 0) is 22.7 Å². The Morgan fingerprint density at radius 2 is 1.64 bits per heavy atom. The molecule has 212 valence electrons. The summed E-state index contributed by atoms with van der Waals surface area (Å²) in [6.07, 6.45) is 0. The molecule has 0 fully saturated rings. The molecule has 0 saturated heterocycles. The van der Waals surface area contributed by atoms with Crippen LogP contribution in [0, 0.1) is 0 Å². The molecule has 5 aromatic rings. The lowest BCUT2D eigenvalue weighted by molar-refractivity contribution is -0.140. The Kier molecular flexibility index (Phi) is 7.42. The van der Waals surface area contributed by atoms with Crippen LogP contribution in [0.5, 0.6) is 11.5 Å². The highest BCUT2D eigenvalue weighted by Crippen LogP contribution is 2.36. The van der Waals surface area contributed by atoms with Crippen molar-refractivity contribution < 1.29 is 19.1 Å². The second kappa shape index (κ2) is 11.6. The van der Waals surface area contributed by atoms with Gasteiger partial charge in [-0.25, -0.2) is 4.68 Å². The van der Waals surface area contributed by atoms with E-state index in [9.17, 15) is 9.59 Å². The molecule has 1 atom stereocenters. The summed E-state index contributed by atoms with van der Waals surface area (Å²) in [6, 6.07) is 28.9. The van der Waals surface area contributed by atoms with Crippen molar-refractivity contribution in [1.29, 1.82) is 0 Å². The maximum Gasteiger partial charge on any atom is 0.251 e. The number of para-hydroxylation sites is 1. The zero-order chi connectivity index (χ0) is 29.1. The number of nitrogens with one attached hydrogen (secondary N) is 1.